The molecule has 0 atom stereocenters. The van der Waals surface area contributed by atoms with E-state index >= 15 is 0 Å². The monoisotopic (exact) mass is 458 g/mol. The second kappa shape index (κ2) is 10.5. The largest absolute Gasteiger partial charge is 0.482 e. The van der Waals surface area contributed by atoms with Crippen LogP contribution in [0.2, 0.25) is 10.0 Å². The molecule has 10 heteroatoms. The zero-order valence-corrected chi connectivity index (χ0v) is 18.4. The minimum Gasteiger partial charge on any atom is -0.482 e. The molecule has 0 saturated carbocycles. The molecule has 1 heterocycles. The molecule has 2 rings (SSSR count). The Balaban J connectivity index is 2.18. The Morgan fingerprint density at radius 2 is 1.93 bits per heavy atom. The summed E-state index contributed by atoms with van der Waals surface area (Å²) in [4.78, 5) is 37.2. The number of hydrogen-bond donors (Lipinski definition) is 2. The minimum absolute atomic E-state index is 0.136. The lowest BCUT2D eigenvalue weighted by molar-refractivity contribution is -0.118. The average molecular weight is 459 g/mol. The molecule has 2 amide bonds. The third kappa shape index (κ3) is 5.85. The number of carbonyl (C=O) groups is 3. The number of methoxy groups -OCH3 is 1. The normalized spacial score (nSPS) is 10.4. The number of hydrogen-bond acceptors (Lipinski definition) is 6. The fourth-order valence-electron chi connectivity index (χ4n) is 2.38. The molecule has 2 N–H and O–H groups in total. The van der Waals surface area contributed by atoms with E-state index in [0.717, 1.165) is 17.8 Å². The highest BCUT2D eigenvalue weighted by Gasteiger charge is 2.26. The molecule has 1 aromatic carbocycles. The molecule has 0 radical (unpaired) electrons. The zero-order chi connectivity index (χ0) is 21.6. The number of esters is 1. The predicted molar refractivity (Wildman–Crippen MR) is 114 cm³/mol. The Bertz CT molecular complexity index is 930. The molecular weight excluding hydrogens is 439 g/mol. The lowest BCUT2D eigenvalue weighted by atomic mass is 10.1. The smallest absolute Gasteiger partial charge is 0.341 e. The van der Waals surface area contributed by atoms with Gasteiger partial charge >= 0.3 is 5.97 Å². The summed E-state index contributed by atoms with van der Waals surface area (Å²) in [6.07, 6.45) is 0.772. The van der Waals surface area contributed by atoms with Gasteiger partial charge in [0.15, 0.2) is 6.61 Å². The van der Waals surface area contributed by atoms with Crippen LogP contribution in [0.25, 0.3) is 0 Å². The van der Waals surface area contributed by atoms with Gasteiger partial charge in [-0.25, -0.2) is 4.79 Å². The van der Waals surface area contributed by atoms with Gasteiger partial charge in [-0.05, 0) is 37.1 Å². The van der Waals surface area contributed by atoms with Gasteiger partial charge in [0.1, 0.15) is 10.8 Å². The van der Waals surface area contributed by atoms with E-state index in [1.54, 1.807) is 19.1 Å². The molecule has 0 spiro atoms. The van der Waals surface area contributed by atoms with Crippen molar-refractivity contribution in [2.45, 2.75) is 20.3 Å². The number of carbonyl (C=O) groups excluding carboxylic acids is 3. The van der Waals surface area contributed by atoms with Crippen molar-refractivity contribution >= 4 is 57.3 Å². The number of halogens is 2. The van der Waals surface area contributed by atoms with E-state index in [1.807, 2.05) is 6.92 Å². The molecule has 7 nitrogen and oxygen atoms in total. The van der Waals surface area contributed by atoms with E-state index in [9.17, 15) is 14.4 Å². The minimum atomic E-state index is -0.648. The molecule has 2 aromatic rings. The highest BCUT2D eigenvalue weighted by Crippen LogP contribution is 2.34. The average Bonchev–Trinajstić information content (AvgIpc) is 3.00. The predicted octanol–water partition coefficient (Wildman–Crippen LogP) is 4.31. The summed E-state index contributed by atoms with van der Waals surface area (Å²) in [6.45, 7) is 3.71. The van der Waals surface area contributed by atoms with Gasteiger partial charge in [0, 0.05) is 11.6 Å². The van der Waals surface area contributed by atoms with Crippen LogP contribution >= 0.6 is 34.5 Å². The molecule has 0 aliphatic carbocycles. The maximum absolute atomic E-state index is 12.3. The Morgan fingerprint density at radius 3 is 2.55 bits per heavy atom. The van der Waals surface area contributed by atoms with E-state index in [4.69, 9.17) is 32.7 Å². The molecule has 0 aliphatic rings. The van der Waals surface area contributed by atoms with Gasteiger partial charge in [-0.15, -0.1) is 11.3 Å². The van der Waals surface area contributed by atoms with Gasteiger partial charge in [-0.1, -0.05) is 30.1 Å². The van der Waals surface area contributed by atoms with Gasteiger partial charge in [-0.2, -0.15) is 0 Å². The summed E-state index contributed by atoms with van der Waals surface area (Å²) in [5, 5.41) is 6.28. The second-order valence-corrected chi connectivity index (χ2v) is 7.78. The van der Waals surface area contributed by atoms with Crippen LogP contribution in [-0.2, 0) is 9.53 Å². The number of thiophene rings is 1. The summed E-state index contributed by atoms with van der Waals surface area (Å²) >= 11 is 12.8. The molecule has 1 aromatic heterocycles. The van der Waals surface area contributed by atoms with Gasteiger partial charge in [0.05, 0.1) is 22.6 Å². The Kier molecular flexibility index (Phi) is 8.31. The molecule has 0 fully saturated rings. The van der Waals surface area contributed by atoms with Crippen LogP contribution < -0.4 is 15.4 Å². The summed E-state index contributed by atoms with van der Waals surface area (Å²) in [5.41, 5.74) is 0.574. The van der Waals surface area contributed by atoms with E-state index in [1.165, 1.54) is 13.2 Å². The van der Waals surface area contributed by atoms with Gasteiger partial charge < -0.3 is 20.1 Å². The van der Waals surface area contributed by atoms with Gasteiger partial charge in [0.25, 0.3) is 11.8 Å². The molecule has 156 valence electrons. The topological polar surface area (TPSA) is 93.7 Å². The standard InChI is InChI=1S/C19H20Cl2N2O5S/c1-4-7-22-17(25)16-10(2)15(19(26)27-3)18(29-16)23-14(24)9-28-13-6-5-11(20)8-12(13)21/h5-6,8H,4,7,9H2,1-3H3,(H,22,25)(H,23,24). The number of rotatable bonds is 8. The lowest BCUT2D eigenvalue weighted by Gasteiger charge is -2.09. The van der Waals surface area contributed by atoms with Crippen molar-refractivity contribution in [3.8, 4) is 5.75 Å². The molecule has 0 unspecified atom stereocenters. The molecule has 0 bridgehead atoms. The highest BCUT2D eigenvalue weighted by molar-refractivity contribution is 7.18. The Labute approximate surface area is 182 Å². The summed E-state index contributed by atoms with van der Waals surface area (Å²) < 4.78 is 10.2. The first-order valence-corrected chi connectivity index (χ1v) is 10.2. The number of benzene rings is 1. The summed E-state index contributed by atoms with van der Waals surface area (Å²) in [7, 11) is 1.23. The van der Waals surface area contributed by atoms with Crippen LogP contribution in [0.4, 0.5) is 5.00 Å². The maximum atomic E-state index is 12.3. The molecule has 29 heavy (non-hydrogen) atoms. The van der Waals surface area contributed by atoms with Crippen molar-refractivity contribution in [3.63, 3.8) is 0 Å². The second-order valence-electron chi connectivity index (χ2n) is 5.92. The van der Waals surface area contributed by atoms with Gasteiger partial charge in [0.2, 0.25) is 0 Å². The third-order valence-electron chi connectivity index (χ3n) is 3.78. The molecular formula is C19H20Cl2N2O5S. The van der Waals surface area contributed by atoms with Crippen LogP contribution in [0.5, 0.6) is 5.75 Å². The first kappa shape index (κ1) is 23.0. The molecule has 0 aliphatic heterocycles. The number of anilines is 1. The van der Waals surface area contributed by atoms with Crippen molar-refractivity contribution in [1.29, 1.82) is 0 Å². The van der Waals surface area contributed by atoms with Crippen LogP contribution in [0.15, 0.2) is 18.2 Å². The number of ether oxygens (including phenoxy) is 2. The van der Waals surface area contributed by atoms with Crippen molar-refractivity contribution < 1.29 is 23.9 Å². The van der Waals surface area contributed by atoms with Crippen molar-refractivity contribution in [2.75, 3.05) is 25.6 Å². The van der Waals surface area contributed by atoms with Crippen LogP contribution in [0.3, 0.4) is 0 Å². The van der Waals surface area contributed by atoms with E-state index in [0.29, 0.717) is 27.8 Å². The Hall–Kier alpha value is -2.29. The van der Waals surface area contributed by atoms with Crippen molar-refractivity contribution in [1.82, 2.24) is 5.32 Å². The zero-order valence-electron chi connectivity index (χ0n) is 16.1. The van der Waals surface area contributed by atoms with Crippen LogP contribution in [-0.4, -0.2) is 38.0 Å². The fourth-order valence-corrected chi connectivity index (χ4v) is 3.97. The van der Waals surface area contributed by atoms with Crippen molar-refractivity contribution in [2.24, 2.45) is 0 Å². The van der Waals surface area contributed by atoms with E-state index in [-0.39, 0.29) is 28.1 Å². The van der Waals surface area contributed by atoms with Crippen molar-refractivity contribution in [3.05, 3.63) is 44.2 Å². The maximum Gasteiger partial charge on any atom is 0.341 e. The van der Waals surface area contributed by atoms with Gasteiger partial charge in [-0.3, -0.25) is 9.59 Å². The number of amides is 2. The summed E-state index contributed by atoms with van der Waals surface area (Å²) in [5.74, 6) is -1.20. The fraction of sp³-hybridized carbons (Fsp3) is 0.316. The molecule has 0 saturated heterocycles. The lowest BCUT2D eigenvalue weighted by Crippen LogP contribution is -2.23. The quantitative estimate of drug-likeness (QED) is 0.574. The van der Waals surface area contributed by atoms with Crippen LogP contribution in [0.1, 0.15) is 38.9 Å². The summed E-state index contributed by atoms with van der Waals surface area (Å²) in [6, 6.07) is 4.62. The SMILES string of the molecule is CCCNC(=O)c1sc(NC(=O)COc2ccc(Cl)cc2Cl)c(C(=O)OC)c1C. The first-order valence-electron chi connectivity index (χ1n) is 8.66. The van der Waals surface area contributed by atoms with E-state index < -0.39 is 11.9 Å². The first-order chi connectivity index (χ1) is 13.8. The Morgan fingerprint density at radius 1 is 1.21 bits per heavy atom. The number of nitrogens with one attached hydrogen (secondary N) is 2. The third-order valence-corrected chi connectivity index (χ3v) is 5.52. The van der Waals surface area contributed by atoms with Crippen LogP contribution in [0, 0.1) is 6.92 Å². The highest BCUT2D eigenvalue weighted by atomic mass is 35.5. The van der Waals surface area contributed by atoms with E-state index in [2.05, 4.69) is 10.6 Å².